The standard InChI is InChI=1S/C9H15NO3/c11-8-5-13-4-7(8)10-9(12)3-6-1-2-6/h6-8,11H,1-5H2,(H,10,12)/t7-,8-/m1/s1. The fourth-order valence-corrected chi connectivity index (χ4v) is 1.53. The molecule has 0 aromatic heterocycles. The molecule has 0 aromatic rings. The maximum Gasteiger partial charge on any atom is 0.220 e. The Labute approximate surface area is 77.3 Å². The Morgan fingerprint density at radius 2 is 2.23 bits per heavy atom. The highest BCUT2D eigenvalue weighted by Crippen LogP contribution is 2.32. The van der Waals surface area contributed by atoms with Crippen molar-refractivity contribution in [1.29, 1.82) is 0 Å². The van der Waals surface area contributed by atoms with Crippen molar-refractivity contribution in [2.45, 2.75) is 31.4 Å². The fraction of sp³-hybridized carbons (Fsp3) is 0.889. The van der Waals surface area contributed by atoms with E-state index in [0.29, 0.717) is 25.6 Å². The summed E-state index contributed by atoms with van der Waals surface area (Å²) in [4.78, 5) is 11.3. The molecular weight excluding hydrogens is 170 g/mol. The van der Waals surface area contributed by atoms with Crippen LogP contribution in [0.4, 0.5) is 0 Å². The van der Waals surface area contributed by atoms with Gasteiger partial charge in [-0.25, -0.2) is 0 Å². The van der Waals surface area contributed by atoms with Crippen LogP contribution < -0.4 is 5.32 Å². The summed E-state index contributed by atoms with van der Waals surface area (Å²) in [6.07, 6.45) is 2.44. The molecule has 74 valence electrons. The molecule has 1 heterocycles. The number of carbonyl (C=O) groups is 1. The zero-order valence-electron chi connectivity index (χ0n) is 7.53. The number of hydrogen-bond acceptors (Lipinski definition) is 3. The van der Waals surface area contributed by atoms with Crippen LogP contribution in [-0.2, 0) is 9.53 Å². The van der Waals surface area contributed by atoms with Crippen molar-refractivity contribution in [3.8, 4) is 0 Å². The van der Waals surface area contributed by atoms with Gasteiger partial charge in [-0.1, -0.05) is 0 Å². The van der Waals surface area contributed by atoms with Gasteiger partial charge in [0.05, 0.1) is 25.4 Å². The van der Waals surface area contributed by atoms with Gasteiger partial charge in [0, 0.05) is 6.42 Å². The summed E-state index contributed by atoms with van der Waals surface area (Å²) in [6, 6.07) is -0.189. The smallest absolute Gasteiger partial charge is 0.220 e. The number of aliphatic hydroxyl groups excluding tert-OH is 1. The molecule has 1 saturated heterocycles. The summed E-state index contributed by atoms with van der Waals surface area (Å²) in [5, 5.41) is 12.1. The van der Waals surface area contributed by atoms with Crippen LogP contribution in [0, 0.1) is 5.92 Å². The first-order valence-electron chi connectivity index (χ1n) is 4.81. The molecular formula is C9H15NO3. The predicted octanol–water partition coefficient (Wildman–Crippen LogP) is -0.338. The quantitative estimate of drug-likeness (QED) is 0.632. The zero-order valence-corrected chi connectivity index (χ0v) is 7.53. The summed E-state index contributed by atoms with van der Waals surface area (Å²) >= 11 is 0. The first-order valence-corrected chi connectivity index (χ1v) is 4.81. The molecule has 0 unspecified atom stereocenters. The topological polar surface area (TPSA) is 58.6 Å². The Bertz CT molecular complexity index is 203. The van der Waals surface area contributed by atoms with Gasteiger partial charge >= 0.3 is 0 Å². The van der Waals surface area contributed by atoms with Gasteiger partial charge in [0.1, 0.15) is 0 Å². The Morgan fingerprint density at radius 1 is 1.46 bits per heavy atom. The lowest BCUT2D eigenvalue weighted by Crippen LogP contribution is -2.42. The third kappa shape index (κ3) is 2.42. The van der Waals surface area contributed by atoms with Crippen molar-refractivity contribution in [2.24, 2.45) is 5.92 Å². The molecule has 1 aliphatic heterocycles. The normalized spacial score (nSPS) is 33.3. The molecule has 0 spiro atoms. The molecule has 0 aromatic carbocycles. The fourth-order valence-electron chi connectivity index (χ4n) is 1.53. The van der Waals surface area contributed by atoms with E-state index in [4.69, 9.17) is 4.74 Å². The number of ether oxygens (including phenoxy) is 1. The number of aliphatic hydroxyl groups is 1. The van der Waals surface area contributed by atoms with Crippen molar-refractivity contribution in [2.75, 3.05) is 13.2 Å². The number of rotatable bonds is 3. The zero-order chi connectivity index (χ0) is 9.26. The third-order valence-corrected chi connectivity index (χ3v) is 2.57. The molecule has 2 atom stereocenters. The second kappa shape index (κ2) is 3.64. The van der Waals surface area contributed by atoms with Gasteiger partial charge in [0.2, 0.25) is 5.91 Å². The van der Waals surface area contributed by atoms with E-state index < -0.39 is 6.10 Å². The van der Waals surface area contributed by atoms with Crippen LogP contribution in [0.25, 0.3) is 0 Å². The summed E-state index contributed by atoms with van der Waals surface area (Å²) in [5.41, 5.74) is 0. The molecule has 2 aliphatic rings. The molecule has 4 heteroatoms. The van der Waals surface area contributed by atoms with Crippen molar-refractivity contribution in [3.05, 3.63) is 0 Å². The van der Waals surface area contributed by atoms with Gasteiger partial charge in [-0.3, -0.25) is 4.79 Å². The first-order chi connectivity index (χ1) is 6.25. The summed E-state index contributed by atoms with van der Waals surface area (Å²) in [5.74, 6) is 0.650. The summed E-state index contributed by atoms with van der Waals surface area (Å²) < 4.78 is 5.03. The average Bonchev–Trinajstić information content (AvgIpc) is 2.79. The van der Waals surface area contributed by atoms with E-state index in [1.807, 2.05) is 0 Å². The van der Waals surface area contributed by atoms with Crippen LogP contribution in [-0.4, -0.2) is 36.4 Å². The highest BCUT2D eigenvalue weighted by molar-refractivity contribution is 5.76. The van der Waals surface area contributed by atoms with Gasteiger partial charge in [-0.2, -0.15) is 0 Å². The van der Waals surface area contributed by atoms with Gasteiger partial charge in [-0.05, 0) is 18.8 Å². The van der Waals surface area contributed by atoms with Crippen molar-refractivity contribution < 1.29 is 14.6 Å². The van der Waals surface area contributed by atoms with E-state index in [2.05, 4.69) is 5.32 Å². The van der Waals surface area contributed by atoms with Crippen LogP contribution in [0.2, 0.25) is 0 Å². The number of nitrogens with one attached hydrogen (secondary N) is 1. The van der Waals surface area contributed by atoms with Gasteiger partial charge in [0.15, 0.2) is 0 Å². The molecule has 1 amide bonds. The lowest BCUT2D eigenvalue weighted by Gasteiger charge is -2.13. The molecule has 0 bridgehead atoms. The molecule has 2 fully saturated rings. The predicted molar refractivity (Wildman–Crippen MR) is 46.1 cm³/mol. The van der Waals surface area contributed by atoms with Gasteiger partial charge < -0.3 is 15.2 Å². The van der Waals surface area contributed by atoms with E-state index in [1.54, 1.807) is 0 Å². The lowest BCUT2D eigenvalue weighted by molar-refractivity contribution is -0.122. The minimum atomic E-state index is -0.525. The molecule has 2 rings (SSSR count). The monoisotopic (exact) mass is 185 g/mol. The maximum atomic E-state index is 11.3. The van der Waals surface area contributed by atoms with Crippen LogP contribution in [0.5, 0.6) is 0 Å². The molecule has 13 heavy (non-hydrogen) atoms. The van der Waals surface area contributed by atoms with Crippen molar-refractivity contribution in [1.82, 2.24) is 5.32 Å². The Morgan fingerprint density at radius 3 is 2.77 bits per heavy atom. The highest BCUT2D eigenvalue weighted by atomic mass is 16.5. The molecule has 2 N–H and O–H groups in total. The third-order valence-electron chi connectivity index (χ3n) is 2.57. The SMILES string of the molecule is O=C(CC1CC1)N[C@@H]1COC[C@H]1O. The molecule has 1 aliphatic carbocycles. The second-order valence-corrected chi connectivity index (χ2v) is 3.93. The first kappa shape index (κ1) is 8.97. The minimum Gasteiger partial charge on any atom is -0.388 e. The van der Waals surface area contributed by atoms with E-state index in [0.717, 1.165) is 0 Å². The summed E-state index contributed by atoms with van der Waals surface area (Å²) in [6.45, 7) is 0.784. The minimum absolute atomic E-state index is 0.0528. The lowest BCUT2D eigenvalue weighted by atomic mass is 10.2. The van der Waals surface area contributed by atoms with Crippen LogP contribution in [0.1, 0.15) is 19.3 Å². The number of hydrogen-bond donors (Lipinski definition) is 2. The summed E-state index contributed by atoms with van der Waals surface area (Å²) in [7, 11) is 0. The molecule has 0 radical (unpaired) electrons. The van der Waals surface area contributed by atoms with Gasteiger partial charge in [0.25, 0.3) is 0 Å². The number of amides is 1. The van der Waals surface area contributed by atoms with E-state index in [1.165, 1.54) is 12.8 Å². The average molecular weight is 185 g/mol. The maximum absolute atomic E-state index is 11.3. The Balaban J connectivity index is 1.72. The Kier molecular flexibility index (Phi) is 2.51. The van der Waals surface area contributed by atoms with Gasteiger partial charge in [-0.15, -0.1) is 0 Å². The Hall–Kier alpha value is -0.610. The second-order valence-electron chi connectivity index (χ2n) is 3.93. The highest BCUT2D eigenvalue weighted by Gasteiger charge is 2.30. The van der Waals surface area contributed by atoms with Crippen molar-refractivity contribution >= 4 is 5.91 Å². The van der Waals surface area contributed by atoms with Crippen LogP contribution >= 0.6 is 0 Å². The van der Waals surface area contributed by atoms with E-state index >= 15 is 0 Å². The number of carbonyl (C=O) groups excluding carboxylic acids is 1. The van der Waals surface area contributed by atoms with Crippen LogP contribution in [0.15, 0.2) is 0 Å². The molecule has 1 saturated carbocycles. The van der Waals surface area contributed by atoms with Crippen LogP contribution in [0.3, 0.4) is 0 Å². The largest absolute Gasteiger partial charge is 0.388 e. The molecule has 4 nitrogen and oxygen atoms in total. The van der Waals surface area contributed by atoms with E-state index in [9.17, 15) is 9.90 Å². The van der Waals surface area contributed by atoms with Crippen molar-refractivity contribution in [3.63, 3.8) is 0 Å². The van der Waals surface area contributed by atoms with E-state index in [-0.39, 0.29) is 11.9 Å².